The second-order valence-corrected chi connectivity index (χ2v) is 11.9. The Hall–Kier alpha value is -5.42. The van der Waals surface area contributed by atoms with Gasteiger partial charge in [-0.25, -0.2) is 9.67 Å². The van der Waals surface area contributed by atoms with E-state index in [1.165, 1.54) is 25.0 Å². The average molecular weight is 700 g/mol. The number of hydrogen-bond acceptors (Lipinski definition) is 11. The normalized spacial score (nSPS) is 12.3. The van der Waals surface area contributed by atoms with Gasteiger partial charge in [-0.15, -0.1) is 0 Å². The molecule has 0 saturated carbocycles. The van der Waals surface area contributed by atoms with E-state index in [1.807, 2.05) is 50.2 Å². The molecule has 0 spiro atoms. The third-order valence-corrected chi connectivity index (χ3v) is 8.21. The number of aliphatic hydroxyl groups excluding tert-OH is 1. The SMILES string of the molecule is CCOC(O)c1nn(-c2cnc(OC)nc2OC)c(C(C)C)c1C(Nc1cc(Cl)c(=O)n(Cc2ccc(OC)cc2)c1)c1ccc(C#N)cc1. The van der Waals surface area contributed by atoms with E-state index >= 15 is 0 Å². The molecule has 5 rings (SSSR count). The molecule has 14 heteroatoms. The Kier molecular flexibility index (Phi) is 11.4. The van der Waals surface area contributed by atoms with Gasteiger partial charge in [0.25, 0.3) is 5.56 Å². The first kappa shape index (κ1) is 35.9. The van der Waals surface area contributed by atoms with Gasteiger partial charge in [-0.2, -0.15) is 15.3 Å². The molecule has 2 N–H and O–H groups in total. The number of rotatable bonds is 14. The Bertz CT molecular complexity index is 2040. The molecule has 0 aliphatic heterocycles. The zero-order chi connectivity index (χ0) is 35.9. The first-order valence-electron chi connectivity index (χ1n) is 15.8. The van der Waals surface area contributed by atoms with Crippen molar-refractivity contribution in [1.82, 2.24) is 24.3 Å². The average Bonchev–Trinajstić information content (AvgIpc) is 3.53. The minimum Gasteiger partial charge on any atom is -0.497 e. The summed E-state index contributed by atoms with van der Waals surface area (Å²) in [5.74, 6) is 0.720. The van der Waals surface area contributed by atoms with Crippen molar-refractivity contribution in [3.8, 4) is 29.4 Å². The van der Waals surface area contributed by atoms with Gasteiger partial charge in [0.1, 0.15) is 22.2 Å². The van der Waals surface area contributed by atoms with Crippen molar-refractivity contribution < 1.29 is 24.1 Å². The first-order valence-corrected chi connectivity index (χ1v) is 16.2. The van der Waals surface area contributed by atoms with Crippen LogP contribution < -0.4 is 25.1 Å². The van der Waals surface area contributed by atoms with Crippen LogP contribution in [-0.2, 0) is 11.3 Å². The fourth-order valence-corrected chi connectivity index (χ4v) is 5.84. The number of ether oxygens (including phenoxy) is 4. The maximum absolute atomic E-state index is 13.2. The molecule has 0 aliphatic rings. The second kappa shape index (κ2) is 15.9. The summed E-state index contributed by atoms with van der Waals surface area (Å²) < 4.78 is 25.0. The predicted molar refractivity (Wildman–Crippen MR) is 187 cm³/mol. The van der Waals surface area contributed by atoms with E-state index in [9.17, 15) is 15.2 Å². The van der Waals surface area contributed by atoms with Crippen LogP contribution in [0.4, 0.5) is 5.69 Å². The van der Waals surface area contributed by atoms with Crippen molar-refractivity contribution in [2.45, 2.75) is 45.6 Å². The van der Waals surface area contributed by atoms with E-state index in [0.29, 0.717) is 33.9 Å². The smallest absolute Gasteiger partial charge is 0.319 e. The predicted octanol–water partition coefficient (Wildman–Crippen LogP) is 5.78. The molecular weight excluding hydrogens is 662 g/mol. The van der Waals surface area contributed by atoms with Crippen LogP contribution in [0.2, 0.25) is 5.02 Å². The summed E-state index contributed by atoms with van der Waals surface area (Å²) in [6.07, 6.45) is 1.80. The van der Waals surface area contributed by atoms with Crippen molar-refractivity contribution in [3.63, 3.8) is 0 Å². The number of aliphatic hydroxyl groups is 1. The first-order chi connectivity index (χ1) is 24.1. The van der Waals surface area contributed by atoms with Gasteiger partial charge >= 0.3 is 6.01 Å². The summed E-state index contributed by atoms with van der Waals surface area (Å²) in [4.78, 5) is 21.9. The third kappa shape index (κ3) is 7.58. The highest BCUT2D eigenvalue weighted by molar-refractivity contribution is 6.30. The molecule has 50 heavy (non-hydrogen) atoms. The zero-order valence-corrected chi connectivity index (χ0v) is 29.3. The van der Waals surface area contributed by atoms with E-state index in [2.05, 4.69) is 21.4 Å². The molecule has 2 aromatic carbocycles. The summed E-state index contributed by atoms with van der Waals surface area (Å²) in [7, 11) is 4.52. The van der Waals surface area contributed by atoms with Crippen LogP contribution in [0.25, 0.3) is 5.69 Å². The molecule has 0 saturated heterocycles. The van der Waals surface area contributed by atoms with Gasteiger partial charge in [-0.05, 0) is 54.3 Å². The lowest BCUT2D eigenvalue weighted by molar-refractivity contribution is -0.101. The van der Waals surface area contributed by atoms with Crippen LogP contribution in [0.5, 0.6) is 17.6 Å². The van der Waals surface area contributed by atoms with E-state index in [0.717, 1.165) is 11.1 Å². The Balaban J connectivity index is 1.73. The van der Waals surface area contributed by atoms with Gasteiger partial charge in [-0.3, -0.25) is 4.79 Å². The van der Waals surface area contributed by atoms with Crippen LogP contribution in [-0.4, -0.2) is 57.4 Å². The second-order valence-electron chi connectivity index (χ2n) is 11.5. The minimum atomic E-state index is -1.42. The summed E-state index contributed by atoms with van der Waals surface area (Å²) in [5.41, 5.74) is 4.13. The molecule has 2 atom stereocenters. The van der Waals surface area contributed by atoms with Crippen LogP contribution in [0, 0.1) is 11.3 Å². The Morgan fingerprint density at radius 3 is 2.36 bits per heavy atom. The highest BCUT2D eigenvalue weighted by atomic mass is 35.5. The maximum Gasteiger partial charge on any atom is 0.319 e. The van der Waals surface area contributed by atoms with Crippen molar-refractivity contribution >= 4 is 17.3 Å². The highest BCUT2D eigenvalue weighted by Crippen LogP contribution is 2.40. The molecule has 0 amide bonds. The standard InChI is InChI=1S/C36H38ClN7O6/c1-7-50-35(46)31-29(32(21(2)3)44(42-31)28-18-39-36(49-6)41-33(28)48-5)30(24-12-8-22(17-38)9-13-24)40-25-16-27(37)34(45)43(20-25)19-23-10-14-26(47-4)15-11-23/h8-16,18,20-21,30,35,40,46H,7,19H2,1-6H3. The van der Waals surface area contributed by atoms with Crippen LogP contribution in [0.1, 0.15) is 72.7 Å². The number of aromatic nitrogens is 5. The fourth-order valence-electron chi connectivity index (χ4n) is 5.62. The molecule has 0 fully saturated rings. The number of nitriles is 1. The number of pyridine rings is 1. The van der Waals surface area contributed by atoms with Crippen LogP contribution in [0.15, 0.2) is 71.8 Å². The summed E-state index contributed by atoms with van der Waals surface area (Å²) >= 11 is 6.55. The lowest BCUT2D eigenvalue weighted by Crippen LogP contribution is -2.23. The largest absolute Gasteiger partial charge is 0.497 e. The minimum absolute atomic E-state index is 0.0107. The van der Waals surface area contributed by atoms with Gasteiger partial charge < -0.3 is 33.9 Å². The summed E-state index contributed by atoms with van der Waals surface area (Å²) in [5, 5.41) is 29.4. The Morgan fingerprint density at radius 2 is 1.76 bits per heavy atom. The van der Waals surface area contributed by atoms with E-state index < -0.39 is 12.3 Å². The van der Waals surface area contributed by atoms with Crippen LogP contribution in [0.3, 0.4) is 0 Å². The molecule has 5 aromatic rings. The molecule has 3 heterocycles. The molecule has 0 radical (unpaired) electrons. The van der Waals surface area contributed by atoms with E-state index in [1.54, 1.807) is 43.1 Å². The van der Waals surface area contributed by atoms with Gasteiger partial charge in [0.05, 0.1) is 63.1 Å². The summed E-state index contributed by atoms with van der Waals surface area (Å²) in [6.45, 7) is 6.22. The van der Waals surface area contributed by atoms with Crippen LogP contribution >= 0.6 is 11.6 Å². The number of hydrogen-bond donors (Lipinski definition) is 2. The summed E-state index contributed by atoms with van der Waals surface area (Å²) in [6, 6.07) is 17.6. The molecule has 260 valence electrons. The Morgan fingerprint density at radius 1 is 1.04 bits per heavy atom. The lowest BCUT2D eigenvalue weighted by Gasteiger charge is -2.25. The quantitative estimate of drug-likeness (QED) is 0.135. The van der Waals surface area contributed by atoms with Crippen molar-refractivity contribution in [1.29, 1.82) is 5.26 Å². The number of nitrogens with one attached hydrogen (secondary N) is 1. The number of anilines is 1. The molecule has 0 aliphatic carbocycles. The number of halogens is 1. The topological polar surface area (TPSA) is 159 Å². The fraction of sp³-hybridized carbons (Fsp3) is 0.306. The van der Waals surface area contributed by atoms with E-state index in [4.69, 9.17) is 35.6 Å². The lowest BCUT2D eigenvalue weighted by atomic mass is 9.91. The molecule has 13 nitrogen and oxygen atoms in total. The molecule has 2 unspecified atom stereocenters. The van der Waals surface area contributed by atoms with Crippen molar-refractivity contribution in [2.24, 2.45) is 0 Å². The number of methoxy groups -OCH3 is 3. The zero-order valence-electron chi connectivity index (χ0n) is 28.5. The Labute approximate surface area is 294 Å². The highest BCUT2D eigenvalue weighted by Gasteiger charge is 2.33. The molecular formula is C36H38ClN7O6. The van der Waals surface area contributed by atoms with Crippen molar-refractivity contribution in [3.05, 3.63) is 116 Å². The third-order valence-electron chi connectivity index (χ3n) is 7.94. The van der Waals surface area contributed by atoms with Gasteiger partial charge in [0.2, 0.25) is 12.2 Å². The van der Waals surface area contributed by atoms with Gasteiger partial charge in [0, 0.05) is 18.4 Å². The monoisotopic (exact) mass is 699 g/mol. The van der Waals surface area contributed by atoms with Gasteiger partial charge in [0.15, 0.2) is 0 Å². The molecule has 3 aromatic heterocycles. The van der Waals surface area contributed by atoms with E-state index in [-0.39, 0.29) is 47.2 Å². The number of benzene rings is 2. The molecule has 0 bridgehead atoms. The van der Waals surface area contributed by atoms with Gasteiger partial charge in [-0.1, -0.05) is 49.7 Å². The van der Waals surface area contributed by atoms with Crippen molar-refractivity contribution in [2.75, 3.05) is 33.3 Å². The maximum atomic E-state index is 13.2. The number of nitrogens with zero attached hydrogens (tertiary/aromatic N) is 6.